The molecule has 2 heterocycles. The number of fused-ring (bicyclic) bond motifs is 1. The Morgan fingerprint density at radius 2 is 2.04 bits per heavy atom. The second-order valence-corrected chi connectivity index (χ2v) is 6.75. The zero-order chi connectivity index (χ0) is 20.7. The summed E-state index contributed by atoms with van der Waals surface area (Å²) in [5.41, 5.74) is 6.12. The van der Waals surface area contributed by atoms with Gasteiger partial charge in [-0.25, -0.2) is 9.78 Å². The van der Waals surface area contributed by atoms with E-state index in [2.05, 4.69) is 20.6 Å². The van der Waals surface area contributed by atoms with E-state index in [-0.39, 0.29) is 31.1 Å². The Morgan fingerprint density at radius 3 is 2.71 bits per heavy atom. The van der Waals surface area contributed by atoms with Gasteiger partial charge in [0.05, 0.1) is 6.10 Å². The fourth-order valence-corrected chi connectivity index (χ4v) is 3.10. The van der Waals surface area contributed by atoms with Crippen LogP contribution < -0.4 is 16.4 Å². The van der Waals surface area contributed by atoms with Gasteiger partial charge in [-0.05, 0) is 19.3 Å². The minimum atomic E-state index is -1.26. The number of amides is 1. The molecule has 0 saturated heterocycles. The molecule has 0 radical (unpaired) electrons. The predicted molar refractivity (Wildman–Crippen MR) is 98.3 cm³/mol. The molecule has 1 aromatic heterocycles. The number of carbonyl (C=O) groups excluding carboxylic acids is 1. The molecule has 0 bridgehead atoms. The monoisotopic (exact) mass is 395 g/mol. The van der Waals surface area contributed by atoms with Gasteiger partial charge in [-0.3, -0.25) is 9.59 Å². The molecule has 2 rings (SSSR count). The molecule has 1 aliphatic rings. The van der Waals surface area contributed by atoms with E-state index in [1.807, 2.05) is 0 Å². The molecule has 3 atom stereocenters. The topological polar surface area (TPSA) is 188 Å². The Bertz CT molecular complexity index is 728. The van der Waals surface area contributed by atoms with E-state index in [4.69, 9.17) is 15.9 Å². The van der Waals surface area contributed by atoms with Crippen molar-refractivity contribution in [3.63, 3.8) is 0 Å². The molecular formula is C17H25N5O6. The van der Waals surface area contributed by atoms with Crippen LogP contribution in [0.4, 0.5) is 11.8 Å². The van der Waals surface area contributed by atoms with Gasteiger partial charge in [0.15, 0.2) is 0 Å². The quantitative estimate of drug-likeness (QED) is 0.297. The van der Waals surface area contributed by atoms with E-state index >= 15 is 0 Å². The predicted octanol–water partition coefficient (Wildman–Crippen LogP) is 0.129. The molecule has 1 aromatic rings. The molecule has 28 heavy (non-hydrogen) atoms. The summed E-state index contributed by atoms with van der Waals surface area (Å²) in [7, 11) is 0. The number of aromatic nitrogens is 2. The lowest BCUT2D eigenvalue weighted by Crippen LogP contribution is -2.41. The summed E-state index contributed by atoms with van der Waals surface area (Å²) in [6.45, 7) is 0.521. The van der Waals surface area contributed by atoms with Crippen molar-refractivity contribution in [2.45, 2.75) is 50.7 Å². The summed E-state index contributed by atoms with van der Waals surface area (Å²) in [5.74, 6) is -2.22. The molecule has 1 aliphatic heterocycles. The maximum atomic E-state index is 11.9. The Hall–Kier alpha value is -2.95. The summed E-state index contributed by atoms with van der Waals surface area (Å²) < 4.78 is 0. The Morgan fingerprint density at radius 1 is 1.29 bits per heavy atom. The van der Waals surface area contributed by atoms with Crippen LogP contribution in [-0.2, 0) is 14.4 Å². The number of hydrogen-bond acceptors (Lipinski definition) is 8. The highest BCUT2D eigenvalue weighted by Crippen LogP contribution is 2.34. The van der Waals surface area contributed by atoms with Crippen LogP contribution in [-0.4, -0.2) is 55.7 Å². The average molecular weight is 395 g/mol. The van der Waals surface area contributed by atoms with Crippen LogP contribution >= 0.6 is 0 Å². The molecule has 0 fully saturated rings. The van der Waals surface area contributed by atoms with E-state index in [0.717, 1.165) is 0 Å². The van der Waals surface area contributed by atoms with Crippen molar-refractivity contribution < 1.29 is 29.7 Å². The highest BCUT2D eigenvalue weighted by Gasteiger charge is 2.29. The standard InChI is InChI=1S/C17H25N5O6/c18-17-20-8-10-14(26)9(7-19-15(10)22-17)3-1-2-4-12(23)21-11(16(27)28)5-6-13(24)25/h8-9,11,14,26H,1-7H2,(H,21,23)(H,24,25)(H,27,28)(H3,18,19,20,22)/t9?,11-,14+/m1/s1. The lowest BCUT2D eigenvalue weighted by atomic mass is 9.89. The molecule has 11 heteroatoms. The summed E-state index contributed by atoms with van der Waals surface area (Å²) in [5, 5.41) is 33.6. The van der Waals surface area contributed by atoms with Crippen molar-refractivity contribution in [3.8, 4) is 0 Å². The van der Waals surface area contributed by atoms with Crippen LogP contribution in [0.1, 0.15) is 50.2 Å². The Kier molecular flexibility index (Phi) is 7.50. The van der Waals surface area contributed by atoms with Crippen LogP contribution in [0.5, 0.6) is 0 Å². The second kappa shape index (κ2) is 9.83. The van der Waals surface area contributed by atoms with Gasteiger partial charge in [0.25, 0.3) is 0 Å². The Labute approximate surface area is 161 Å². The number of rotatable bonds is 10. The minimum Gasteiger partial charge on any atom is -0.481 e. The Balaban J connectivity index is 1.73. The normalized spacial score (nSPS) is 19.2. The molecule has 0 aromatic carbocycles. The van der Waals surface area contributed by atoms with E-state index in [9.17, 15) is 19.5 Å². The number of carboxylic acids is 2. The summed E-state index contributed by atoms with van der Waals surface area (Å²) in [6, 6.07) is -1.21. The van der Waals surface area contributed by atoms with E-state index in [0.29, 0.717) is 37.2 Å². The molecule has 1 unspecified atom stereocenters. The van der Waals surface area contributed by atoms with Crippen LogP contribution in [0.3, 0.4) is 0 Å². The number of carbonyl (C=O) groups is 3. The van der Waals surface area contributed by atoms with Gasteiger partial charge in [0.2, 0.25) is 11.9 Å². The van der Waals surface area contributed by atoms with Crippen molar-refractivity contribution in [2.24, 2.45) is 5.92 Å². The maximum absolute atomic E-state index is 11.9. The first-order chi connectivity index (χ1) is 13.3. The lowest BCUT2D eigenvalue weighted by molar-refractivity contribution is -0.143. The molecule has 1 amide bonds. The number of aliphatic hydroxyl groups excluding tert-OH is 1. The van der Waals surface area contributed by atoms with E-state index < -0.39 is 30.0 Å². The molecule has 7 N–H and O–H groups in total. The third kappa shape index (κ3) is 6.05. The number of nitrogens with two attached hydrogens (primary N) is 1. The first-order valence-corrected chi connectivity index (χ1v) is 9.06. The molecule has 0 aliphatic carbocycles. The molecule has 0 saturated carbocycles. The lowest BCUT2D eigenvalue weighted by Gasteiger charge is -2.30. The molecular weight excluding hydrogens is 370 g/mol. The number of anilines is 2. The molecule has 0 spiro atoms. The number of nitrogens with zero attached hydrogens (tertiary/aromatic N) is 2. The fourth-order valence-electron chi connectivity index (χ4n) is 3.10. The first-order valence-electron chi connectivity index (χ1n) is 9.06. The number of nitrogen functional groups attached to an aromatic ring is 1. The van der Waals surface area contributed by atoms with Crippen LogP contribution in [0.25, 0.3) is 0 Å². The van der Waals surface area contributed by atoms with Gasteiger partial charge in [-0.15, -0.1) is 0 Å². The maximum Gasteiger partial charge on any atom is 0.326 e. The molecule has 11 nitrogen and oxygen atoms in total. The highest BCUT2D eigenvalue weighted by atomic mass is 16.4. The minimum absolute atomic E-state index is 0.0647. The SMILES string of the molecule is Nc1ncc2c(n1)NCC(CCCCC(=O)N[C@H](CCC(=O)O)C(=O)O)[C@@H]2O. The number of nitrogens with one attached hydrogen (secondary N) is 2. The third-order valence-electron chi connectivity index (χ3n) is 4.64. The van der Waals surface area contributed by atoms with Crippen LogP contribution in [0.15, 0.2) is 6.20 Å². The number of unbranched alkanes of at least 4 members (excludes halogenated alkanes) is 1. The number of hydrogen-bond donors (Lipinski definition) is 6. The number of aliphatic hydroxyl groups is 1. The first kappa shape index (κ1) is 21.4. The second-order valence-electron chi connectivity index (χ2n) is 6.75. The zero-order valence-corrected chi connectivity index (χ0v) is 15.3. The highest BCUT2D eigenvalue weighted by molar-refractivity contribution is 5.83. The van der Waals surface area contributed by atoms with Gasteiger partial charge in [-0.1, -0.05) is 6.42 Å². The molecule has 154 valence electrons. The van der Waals surface area contributed by atoms with Crippen molar-refractivity contribution in [1.82, 2.24) is 15.3 Å². The fraction of sp³-hybridized carbons (Fsp3) is 0.588. The number of aliphatic carboxylic acids is 2. The van der Waals surface area contributed by atoms with Gasteiger partial charge >= 0.3 is 11.9 Å². The van der Waals surface area contributed by atoms with Gasteiger partial charge in [0.1, 0.15) is 11.9 Å². The van der Waals surface area contributed by atoms with Gasteiger partial charge in [-0.2, -0.15) is 4.98 Å². The van der Waals surface area contributed by atoms with Crippen molar-refractivity contribution in [1.29, 1.82) is 0 Å². The van der Waals surface area contributed by atoms with Crippen LogP contribution in [0, 0.1) is 5.92 Å². The van der Waals surface area contributed by atoms with Gasteiger partial charge in [0, 0.05) is 37.1 Å². The summed E-state index contributed by atoms with van der Waals surface area (Å²) in [4.78, 5) is 41.5. The van der Waals surface area contributed by atoms with Crippen molar-refractivity contribution >= 4 is 29.6 Å². The smallest absolute Gasteiger partial charge is 0.326 e. The zero-order valence-electron chi connectivity index (χ0n) is 15.3. The van der Waals surface area contributed by atoms with Crippen molar-refractivity contribution in [2.75, 3.05) is 17.6 Å². The number of carboxylic acid groups (broad SMARTS) is 2. The summed E-state index contributed by atoms with van der Waals surface area (Å²) in [6.07, 6.45) is 2.25. The van der Waals surface area contributed by atoms with E-state index in [1.54, 1.807) is 0 Å². The van der Waals surface area contributed by atoms with Crippen molar-refractivity contribution in [3.05, 3.63) is 11.8 Å². The van der Waals surface area contributed by atoms with Gasteiger partial charge < -0.3 is 31.7 Å². The average Bonchev–Trinajstić information content (AvgIpc) is 2.63. The largest absolute Gasteiger partial charge is 0.481 e. The summed E-state index contributed by atoms with van der Waals surface area (Å²) >= 11 is 0. The van der Waals surface area contributed by atoms with Crippen LogP contribution in [0.2, 0.25) is 0 Å². The third-order valence-corrected chi connectivity index (χ3v) is 4.64. The van der Waals surface area contributed by atoms with E-state index in [1.165, 1.54) is 6.20 Å².